The van der Waals surface area contributed by atoms with Gasteiger partial charge in [0.1, 0.15) is 5.75 Å². The van der Waals surface area contributed by atoms with Gasteiger partial charge in [-0.1, -0.05) is 19.0 Å². The van der Waals surface area contributed by atoms with Crippen molar-refractivity contribution in [2.45, 2.75) is 13.8 Å². The number of rotatable bonds is 5. The Balaban J connectivity index is 2.10. The number of nitrogens with zero attached hydrogens (tertiary/aromatic N) is 1. The van der Waals surface area contributed by atoms with Gasteiger partial charge in [0.2, 0.25) is 0 Å². The number of aromatic nitrogens is 1. The van der Waals surface area contributed by atoms with E-state index in [2.05, 4.69) is 19.0 Å². The molecule has 0 amide bonds. The summed E-state index contributed by atoms with van der Waals surface area (Å²) < 4.78 is 10.5. The number of carbonyl (C=O) groups is 1. The zero-order valence-corrected chi connectivity index (χ0v) is 10.8. The second kappa shape index (κ2) is 5.56. The molecule has 0 saturated heterocycles. The first-order chi connectivity index (χ1) is 9.06. The third-order valence-electron chi connectivity index (χ3n) is 2.45. The fraction of sp³-hybridized carbons (Fsp3) is 0.286. The van der Waals surface area contributed by atoms with E-state index in [1.54, 1.807) is 0 Å². The SMILES string of the molecule is CC(C)COc1ccc(-c2cc(C(=O)O)no2)cc1. The molecule has 0 saturated carbocycles. The first kappa shape index (κ1) is 13.1. The monoisotopic (exact) mass is 261 g/mol. The summed E-state index contributed by atoms with van der Waals surface area (Å²) in [6.07, 6.45) is 0. The summed E-state index contributed by atoms with van der Waals surface area (Å²) >= 11 is 0. The van der Waals surface area contributed by atoms with Gasteiger partial charge in [0.05, 0.1) is 6.61 Å². The highest BCUT2D eigenvalue weighted by atomic mass is 16.5. The van der Waals surface area contributed by atoms with E-state index in [0.717, 1.165) is 11.3 Å². The lowest BCUT2D eigenvalue weighted by molar-refractivity contribution is 0.0686. The normalized spacial score (nSPS) is 10.7. The predicted molar refractivity (Wildman–Crippen MR) is 69.2 cm³/mol. The molecule has 0 spiro atoms. The number of aromatic carboxylic acids is 1. The lowest BCUT2D eigenvalue weighted by Crippen LogP contribution is -2.04. The van der Waals surface area contributed by atoms with Gasteiger partial charge in [-0.05, 0) is 30.2 Å². The highest BCUT2D eigenvalue weighted by Crippen LogP contribution is 2.23. The van der Waals surface area contributed by atoms with Gasteiger partial charge in [-0.15, -0.1) is 0 Å². The maximum absolute atomic E-state index is 10.7. The van der Waals surface area contributed by atoms with Crippen molar-refractivity contribution in [2.24, 2.45) is 5.92 Å². The van der Waals surface area contributed by atoms with E-state index in [1.807, 2.05) is 24.3 Å². The molecule has 0 aliphatic rings. The van der Waals surface area contributed by atoms with Gasteiger partial charge >= 0.3 is 5.97 Å². The summed E-state index contributed by atoms with van der Waals surface area (Å²) in [5.74, 6) is 0.558. The largest absolute Gasteiger partial charge is 0.493 e. The van der Waals surface area contributed by atoms with Crippen molar-refractivity contribution in [3.63, 3.8) is 0 Å². The van der Waals surface area contributed by atoms with E-state index in [1.165, 1.54) is 6.07 Å². The van der Waals surface area contributed by atoms with Gasteiger partial charge in [-0.25, -0.2) is 4.79 Å². The number of benzene rings is 1. The van der Waals surface area contributed by atoms with Crippen LogP contribution in [0.3, 0.4) is 0 Å². The zero-order chi connectivity index (χ0) is 13.8. The van der Waals surface area contributed by atoms with Crippen LogP contribution in [0.4, 0.5) is 0 Å². The average Bonchev–Trinajstić information content (AvgIpc) is 2.86. The Kier molecular flexibility index (Phi) is 3.85. The van der Waals surface area contributed by atoms with Crippen LogP contribution in [-0.2, 0) is 0 Å². The van der Waals surface area contributed by atoms with E-state index in [0.29, 0.717) is 18.3 Å². The van der Waals surface area contributed by atoms with E-state index in [4.69, 9.17) is 14.4 Å². The molecular formula is C14H15NO4. The number of ether oxygens (including phenoxy) is 1. The summed E-state index contributed by atoms with van der Waals surface area (Å²) in [7, 11) is 0. The third kappa shape index (κ3) is 3.34. The third-order valence-corrected chi connectivity index (χ3v) is 2.45. The van der Waals surface area contributed by atoms with Gasteiger partial charge < -0.3 is 14.4 Å². The van der Waals surface area contributed by atoms with E-state index < -0.39 is 5.97 Å². The molecule has 1 heterocycles. The predicted octanol–water partition coefficient (Wildman–Crippen LogP) is 3.07. The van der Waals surface area contributed by atoms with Crippen LogP contribution in [0.5, 0.6) is 5.75 Å². The molecule has 2 rings (SSSR count). The maximum Gasteiger partial charge on any atom is 0.358 e. The minimum absolute atomic E-state index is 0.102. The molecule has 0 atom stereocenters. The summed E-state index contributed by atoms with van der Waals surface area (Å²) in [5, 5.41) is 12.2. The van der Waals surface area contributed by atoms with Crippen molar-refractivity contribution in [3.05, 3.63) is 36.0 Å². The van der Waals surface area contributed by atoms with Crippen molar-refractivity contribution >= 4 is 5.97 Å². The summed E-state index contributed by atoms with van der Waals surface area (Å²) in [6.45, 7) is 4.82. The number of carboxylic acid groups (broad SMARTS) is 1. The van der Waals surface area contributed by atoms with Crippen LogP contribution in [0.25, 0.3) is 11.3 Å². The van der Waals surface area contributed by atoms with Crippen molar-refractivity contribution in [1.29, 1.82) is 0 Å². The number of carboxylic acids is 1. The molecule has 0 fully saturated rings. The Morgan fingerprint density at radius 1 is 1.37 bits per heavy atom. The van der Waals surface area contributed by atoms with Gasteiger partial charge in [0.15, 0.2) is 11.5 Å². The number of hydrogen-bond donors (Lipinski definition) is 1. The first-order valence-corrected chi connectivity index (χ1v) is 5.99. The van der Waals surface area contributed by atoms with Crippen molar-refractivity contribution in [3.8, 4) is 17.1 Å². The molecule has 5 heteroatoms. The van der Waals surface area contributed by atoms with Crippen LogP contribution in [0, 0.1) is 5.92 Å². The maximum atomic E-state index is 10.7. The van der Waals surface area contributed by atoms with Crippen molar-refractivity contribution in [2.75, 3.05) is 6.61 Å². The molecule has 0 radical (unpaired) electrons. The summed E-state index contributed by atoms with van der Waals surface area (Å²) in [5.41, 5.74) is 0.659. The fourth-order valence-corrected chi connectivity index (χ4v) is 1.49. The molecule has 100 valence electrons. The molecule has 19 heavy (non-hydrogen) atoms. The Bertz CT molecular complexity index is 557. The van der Waals surface area contributed by atoms with Crippen LogP contribution in [0.15, 0.2) is 34.9 Å². The van der Waals surface area contributed by atoms with E-state index in [-0.39, 0.29) is 5.69 Å². The second-order valence-corrected chi connectivity index (χ2v) is 4.61. The Labute approximate surface area is 110 Å². The van der Waals surface area contributed by atoms with E-state index >= 15 is 0 Å². The lowest BCUT2D eigenvalue weighted by atomic mass is 10.1. The summed E-state index contributed by atoms with van der Waals surface area (Å²) in [6, 6.07) is 8.65. The molecule has 0 unspecified atom stereocenters. The second-order valence-electron chi connectivity index (χ2n) is 4.61. The highest BCUT2D eigenvalue weighted by molar-refractivity contribution is 5.86. The molecule has 0 bridgehead atoms. The van der Waals surface area contributed by atoms with Crippen LogP contribution in [0.1, 0.15) is 24.3 Å². The smallest absolute Gasteiger partial charge is 0.358 e. The van der Waals surface area contributed by atoms with Crippen molar-refractivity contribution < 1.29 is 19.2 Å². The lowest BCUT2D eigenvalue weighted by Gasteiger charge is -2.08. The molecular weight excluding hydrogens is 246 g/mol. The van der Waals surface area contributed by atoms with Gasteiger partial charge in [0, 0.05) is 11.6 Å². The minimum atomic E-state index is -1.10. The fourth-order valence-electron chi connectivity index (χ4n) is 1.49. The molecule has 0 aliphatic heterocycles. The molecule has 0 aliphatic carbocycles. The Hall–Kier alpha value is -2.30. The van der Waals surface area contributed by atoms with Crippen LogP contribution < -0.4 is 4.74 Å². The van der Waals surface area contributed by atoms with Gasteiger partial charge in [-0.3, -0.25) is 0 Å². The molecule has 5 nitrogen and oxygen atoms in total. The first-order valence-electron chi connectivity index (χ1n) is 5.99. The van der Waals surface area contributed by atoms with Crippen LogP contribution in [-0.4, -0.2) is 22.8 Å². The summed E-state index contributed by atoms with van der Waals surface area (Å²) in [4.78, 5) is 10.7. The highest BCUT2D eigenvalue weighted by Gasteiger charge is 2.12. The van der Waals surface area contributed by atoms with Crippen LogP contribution in [0.2, 0.25) is 0 Å². The molecule has 1 aromatic carbocycles. The number of hydrogen-bond acceptors (Lipinski definition) is 4. The van der Waals surface area contributed by atoms with Crippen molar-refractivity contribution in [1.82, 2.24) is 5.16 Å². The molecule has 2 aromatic rings. The topological polar surface area (TPSA) is 72.6 Å². The van der Waals surface area contributed by atoms with Gasteiger partial charge in [-0.2, -0.15) is 0 Å². The molecule has 1 aromatic heterocycles. The Morgan fingerprint density at radius 3 is 2.58 bits per heavy atom. The Morgan fingerprint density at radius 2 is 2.05 bits per heavy atom. The zero-order valence-electron chi connectivity index (χ0n) is 10.8. The van der Waals surface area contributed by atoms with E-state index in [9.17, 15) is 4.79 Å². The minimum Gasteiger partial charge on any atom is -0.493 e. The molecule has 1 N–H and O–H groups in total. The standard InChI is InChI=1S/C14H15NO4/c1-9(2)8-18-11-5-3-10(4-6-11)13-7-12(14(16)17)15-19-13/h3-7,9H,8H2,1-2H3,(H,16,17). The quantitative estimate of drug-likeness (QED) is 0.895. The average molecular weight is 261 g/mol. The van der Waals surface area contributed by atoms with Gasteiger partial charge in [0.25, 0.3) is 0 Å². The van der Waals surface area contributed by atoms with Crippen LogP contribution >= 0.6 is 0 Å².